The molecule has 0 saturated carbocycles. The predicted molar refractivity (Wildman–Crippen MR) is 139 cm³/mol. The van der Waals surface area contributed by atoms with Crippen LogP contribution in [0.4, 0.5) is 0 Å². The molecule has 0 aliphatic heterocycles. The highest BCUT2D eigenvalue weighted by Gasteiger charge is 2.21. The van der Waals surface area contributed by atoms with Gasteiger partial charge in [0.1, 0.15) is 23.0 Å². The van der Waals surface area contributed by atoms with E-state index in [4.69, 9.17) is 9.72 Å². The van der Waals surface area contributed by atoms with Crippen LogP contribution in [0.15, 0.2) is 34.2 Å². The third-order valence-electron chi connectivity index (χ3n) is 5.77. The molecule has 0 spiro atoms. The maximum Gasteiger partial charge on any atom is 0.259 e. The fourth-order valence-corrected chi connectivity index (χ4v) is 5.68. The van der Waals surface area contributed by atoms with Gasteiger partial charge in [0.05, 0.1) is 10.6 Å². The highest BCUT2D eigenvalue weighted by molar-refractivity contribution is 7.99. The van der Waals surface area contributed by atoms with Gasteiger partial charge in [-0.05, 0) is 56.4 Å². The summed E-state index contributed by atoms with van der Waals surface area (Å²) in [6.45, 7) is 13.6. The molecule has 3 heterocycles. The van der Waals surface area contributed by atoms with Crippen LogP contribution in [0.1, 0.15) is 60.6 Å². The van der Waals surface area contributed by atoms with Gasteiger partial charge >= 0.3 is 0 Å². The van der Waals surface area contributed by atoms with Crippen molar-refractivity contribution in [1.29, 1.82) is 0 Å². The molecule has 0 aliphatic rings. The number of aryl methyl sites for hydroxylation is 3. The molecule has 180 valence electrons. The maximum absolute atomic E-state index is 12.7. The average Bonchev–Trinajstić information content (AvgIpc) is 3.31. The third kappa shape index (κ3) is 5.20. The molecule has 7 nitrogen and oxygen atoms in total. The number of hydrogen-bond donors (Lipinski definition) is 1. The Morgan fingerprint density at radius 2 is 1.88 bits per heavy atom. The number of thiophene rings is 1. The van der Waals surface area contributed by atoms with E-state index in [0.29, 0.717) is 23.7 Å². The summed E-state index contributed by atoms with van der Waals surface area (Å²) in [5, 5.41) is 10.3. The summed E-state index contributed by atoms with van der Waals surface area (Å²) in [5.74, 6) is 2.66. The van der Waals surface area contributed by atoms with Crippen molar-refractivity contribution in [2.24, 2.45) is 5.92 Å². The Morgan fingerprint density at radius 1 is 1.15 bits per heavy atom. The molecule has 1 unspecified atom stereocenters. The van der Waals surface area contributed by atoms with Crippen molar-refractivity contribution >= 4 is 33.3 Å². The van der Waals surface area contributed by atoms with E-state index in [9.17, 15) is 4.79 Å². The lowest BCUT2D eigenvalue weighted by atomic mass is 10.2. The number of aromatic amines is 1. The van der Waals surface area contributed by atoms with Crippen LogP contribution in [0.2, 0.25) is 0 Å². The molecular formula is C25H31N5O2S2. The second kappa shape index (κ2) is 10.3. The first-order chi connectivity index (χ1) is 16.3. The second-order valence-corrected chi connectivity index (χ2v) is 11.4. The highest BCUT2D eigenvalue weighted by Crippen LogP contribution is 2.34. The fourth-order valence-electron chi connectivity index (χ4n) is 3.71. The molecule has 0 saturated heterocycles. The van der Waals surface area contributed by atoms with Gasteiger partial charge in [-0.3, -0.25) is 4.79 Å². The van der Waals surface area contributed by atoms with Gasteiger partial charge in [0, 0.05) is 11.4 Å². The van der Waals surface area contributed by atoms with Gasteiger partial charge in [-0.1, -0.05) is 44.7 Å². The van der Waals surface area contributed by atoms with Gasteiger partial charge < -0.3 is 14.3 Å². The lowest BCUT2D eigenvalue weighted by molar-refractivity contribution is 0.284. The zero-order chi connectivity index (χ0) is 24.4. The van der Waals surface area contributed by atoms with Crippen molar-refractivity contribution in [3.05, 3.63) is 62.3 Å². The number of ether oxygens (including phenoxy) is 1. The van der Waals surface area contributed by atoms with E-state index in [1.165, 1.54) is 5.56 Å². The third-order valence-corrected chi connectivity index (χ3v) is 7.96. The Bertz CT molecular complexity index is 1340. The van der Waals surface area contributed by atoms with Crippen LogP contribution < -0.4 is 10.3 Å². The standard InChI is InChI=1S/C25H31N5O2S2/c1-7-18-8-10-19(11-9-18)32-13-20-28-29-25(30(20)12-14(2)3)34-17(6)22-26-23(31)21-15(4)16(5)33-24(21)27-22/h8-11,14,17H,7,12-13H2,1-6H3,(H,26,27,31). The van der Waals surface area contributed by atoms with Crippen molar-refractivity contribution in [2.45, 2.75) is 71.5 Å². The SMILES string of the molecule is CCc1ccc(OCc2nnc(SC(C)c3nc4sc(C)c(C)c4c(=O)[nH]3)n2CC(C)C)cc1. The monoisotopic (exact) mass is 497 g/mol. The predicted octanol–water partition coefficient (Wildman–Crippen LogP) is 5.84. The highest BCUT2D eigenvalue weighted by atomic mass is 32.2. The van der Waals surface area contributed by atoms with Crippen molar-refractivity contribution in [2.75, 3.05) is 0 Å². The summed E-state index contributed by atoms with van der Waals surface area (Å²) in [4.78, 5) is 22.4. The summed E-state index contributed by atoms with van der Waals surface area (Å²) in [7, 11) is 0. The summed E-state index contributed by atoms with van der Waals surface area (Å²) < 4.78 is 8.12. The number of rotatable bonds is 9. The molecule has 1 N–H and O–H groups in total. The first-order valence-corrected chi connectivity index (χ1v) is 13.3. The zero-order valence-electron chi connectivity index (χ0n) is 20.5. The van der Waals surface area contributed by atoms with Crippen LogP contribution >= 0.6 is 23.1 Å². The molecule has 4 rings (SSSR count). The van der Waals surface area contributed by atoms with Crippen LogP contribution in [0.25, 0.3) is 10.2 Å². The van der Waals surface area contributed by atoms with Crippen molar-refractivity contribution < 1.29 is 4.74 Å². The van der Waals surface area contributed by atoms with Crippen molar-refractivity contribution in [3.8, 4) is 5.75 Å². The maximum atomic E-state index is 12.7. The second-order valence-electron chi connectivity index (χ2n) is 8.86. The average molecular weight is 498 g/mol. The molecule has 0 amide bonds. The minimum atomic E-state index is -0.0923. The number of thioether (sulfide) groups is 1. The van der Waals surface area contributed by atoms with E-state index in [1.54, 1.807) is 23.1 Å². The quantitative estimate of drug-likeness (QED) is 0.292. The Morgan fingerprint density at radius 3 is 2.56 bits per heavy atom. The molecule has 4 aromatic rings. The largest absolute Gasteiger partial charge is 0.486 e. The summed E-state index contributed by atoms with van der Waals surface area (Å²) in [6, 6.07) is 8.15. The minimum Gasteiger partial charge on any atom is -0.486 e. The molecular weight excluding hydrogens is 466 g/mol. The van der Waals surface area contributed by atoms with Crippen molar-refractivity contribution in [3.63, 3.8) is 0 Å². The van der Waals surface area contributed by atoms with E-state index < -0.39 is 0 Å². The summed E-state index contributed by atoms with van der Waals surface area (Å²) in [5.41, 5.74) is 2.20. The molecule has 34 heavy (non-hydrogen) atoms. The van der Waals surface area contributed by atoms with Crippen LogP contribution in [0, 0.1) is 19.8 Å². The van der Waals surface area contributed by atoms with E-state index in [-0.39, 0.29) is 10.8 Å². The number of aromatic nitrogens is 5. The van der Waals surface area contributed by atoms with E-state index >= 15 is 0 Å². The Labute approximate surface area is 208 Å². The van der Waals surface area contributed by atoms with Crippen LogP contribution in [0.5, 0.6) is 5.75 Å². The molecule has 0 radical (unpaired) electrons. The summed E-state index contributed by atoms with van der Waals surface area (Å²) >= 11 is 3.11. The normalized spacial score (nSPS) is 12.6. The molecule has 1 aromatic carbocycles. The molecule has 0 aliphatic carbocycles. The Kier molecular flexibility index (Phi) is 7.42. The van der Waals surface area contributed by atoms with Gasteiger partial charge in [-0.15, -0.1) is 21.5 Å². The smallest absolute Gasteiger partial charge is 0.259 e. The van der Waals surface area contributed by atoms with Gasteiger partial charge in [-0.2, -0.15) is 0 Å². The van der Waals surface area contributed by atoms with E-state index in [2.05, 4.69) is 52.7 Å². The van der Waals surface area contributed by atoms with E-state index in [1.807, 2.05) is 32.9 Å². The Hall–Kier alpha value is -2.65. The molecule has 9 heteroatoms. The minimum absolute atomic E-state index is 0.0823. The molecule has 0 fully saturated rings. The van der Waals surface area contributed by atoms with Crippen molar-refractivity contribution in [1.82, 2.24) is 24.7 Å². The molecule has 0 bridgehead atoms. The van der Waals surface area contributed by atoms with Gasteiger partial charge in [0.15, 0.2) is 11.0 Å². The molecule has 3 aromatic heterocycles. The van der Waals surface area contributed by atoms with E-state index in [0.717, 1.165) is 45.0 Å². The van der Waals surface area contributed by atoms with Crippen LogP contribution in [-0.2, 0) is 19.6 Å². The number of nitrogens with one attached hydrogen (secondary N) is 1. The summed E-state index contributed by atoms with van der Waals surface area (Å²) in [6.07, 6.45) is 1.00. The van der Waals surface area contributed by atoms with Gasteiger partial charge in [-0.25, -0.2) is 4.98 Å². The van der Waals surface area contributed by atoms with Gasteiger partial charge in [0.2, 0.25) is 0 Å². The zero-order valence-corrected chi connectivity index (χ0v) is 22.1. The number of hydrogen-bond acceptors (Lipinski definition) is 7. The number of nitrogens with zero attached hydrogens (tertiary/aromatic N) is 4. The lowest BCUT2D eigenvalue weighted by Crippen LogP contribution is -2.14. The number of fused-ring (bicyclic) bond motifs is 1. The lowest BCUT2D eigenvalue weighted by Gasteiger charge is -2.15. The van der Waals surface area contributed by atoms with Crippen LogP contribution in [-0.4, -0.2) is 24.7 Å². The number of benzene rings is 1. The first kappa shape index (κ1) is 24.5. The number of H-pyrrole nitrogens is 1. The first-order valence-electron chi connectivity index (χ1n) is 11.6. The topological polar surface area (TPSA) is 85.7 Å². The Balaban J connectivity index is 1.55. The van der Waals surface area contributed by atoms with Gasteiger partial charge in [0.25, 0.3) is 5.56 Å². The van der Waals surface area contributed by atoms with Crippen LogP contribution in [0.3, 0.4) is 0 Å². The molecule has 1 atom stereocenters. The fraction of sp³-hybridized carbons (Fsp3) is 0.440.